The number of para-hydroxylation sites is 2. The highest BCUT2D eigenvalue weighted by atomic mass is 19.1. The van der Waals surface area contributed by atoms with Crippen LogP contribution in [0.2, 0.25) is 0 Å². The fraction of sp³-hybridized carbons (Fsp3) is 0.471. The molecule has 3 unspecified atom stereocenters. The number of carbonyl (C=O) groups excluding carboxylic acids is 4. The van der Waals surface area contributed by atoms with E-state index < -0.39 is 60.0 Å². The molecule has 47 heavy (non-hydrogen) atoms. The molecule has 0 saturated carbocycles. The highest BCUT2D eigenvalue weighted by molar-refractivity contribution is 5.94. The van der Waals surface area contributed by atoms with Crippen LogP contribution < -0.4 is 11.1 Å². The number of hydrogen-bond acceptors (Lipinski definition) is 10. The summed E-state index contributed by atoms with van der Waals surface area (Å²) in [4.78, 5) is 58.8. The summed E-state index contributed by atoms with van der Waals surface area (Å²) in [5.74, 6) is -3.57. The second-order valence-electron chi connectivity index (χ2n) is 11.8. The number of amides is 2. The second-order valence-corrected chi connectivity index (χ2v) is 11.8. The fourth-order valence-corrected chi connectivity index (χ4v) is 4.90. The number of aromatic nitrogens is 2. The van der Waals surface area contributed by atoms with E-state index >= 15 is 0 Å². The van der Waals surface area contributed by atoms with Gasteiger partial charge < -0.3 is 30.4 Å². The molecule has 0 radical (unpaired) electrons. The molecule has 0 spiro atoms. The molecule has 0 aliphatic rings. The Morgan fingerprint density at radius 2 is 1.72 bits per heavy atom. The molecule has 1 aromatic heterocycles. The third-order valence-corrected chi connectivity index (χ3v) is 7.38. The van der Waals surface area contributed by atoms with E-state index in [1.165, 1.54) is 24.4 Å². The third kappa shape index (κ3) is 13.0. The first kappa shape index (κ1) is 37.0. The van der Waals surface area contributed by atoms with Crippen LogP contribution in [-0.2, 0) is 35.0 Å². The van der Waals surface area contributed by atoms with Gasteiger partial charge in [-0.25, -0.2) is 9.37 Å². The molecule has 3 atom stereocenters. The maximum Gasteiger partial charge on any atom is 0.307 e. The van der Waals surface area contributed by atoms with Gasteiger partial charge in [0.1, 0.15) is 11.5 Å². The average molecular weight is 655 g/mol. The maximum atomic E-state index is 14.2. The SMILES string of the molecule is CCOC(=O)CCCC(=O)OCOC(CC(CCC(C)(C)O)C(N)=O)C(Cc1cccc(F)c1)NC(=O)c1cnc2ccccc2n1. The summed E-state index contributed by atoms with van der Waals surface area (Å²) in [5, 5.41) is 13.2. The number of nitrogens with two attached hydrogens (primary N) is 1. The molecule has 0 bridgehead atoms. The molecule has 0 aliphatic carbocycles. The Morgan fingerprint density at radius 3 is 2.38 bits per heavy atom. The molecule has 13 heteroatoms. The van der Waals surface area contributed by atoms with Crippen molar-refractivity contribution in [1.29, 1.82) is 0 Å². The first-order chi connectivity index (χ1) is 22.3. The van der Waals surface area contributed by atoms with Gasteiger partial charge in [-0.3, -0.25) is 24.2 Å². The molecule has 2 amide bonds. The Balaban J connectivity index is 1.86. The van der Waals surface area contributed by atoms with Crippen molar-refractivity contribution in [2.24, 2.45) is 11.7 Å². The molecule has 254 valence electrons. The maximum absolute atomic E-state index is 14.2. The van der Waals surface area contributed by atoms with E-state index in [4.69, 9.17) is 19.9 Å². The van der Waals surface area contributed by atoms with Crippen LogP contribution in [0.1, 0.15) is 75.3 Å². The summed E-state index contributed by atoms with van der Waals surface area (Å²) < 4.78 is 30.3. The van der Waals surface area contributed by atoms with Crippen LogP contribution >= 0.6 is 0 Å². The lowest BCUT2D eigenvalue weighted by atomic mass is 9.87. The zero-order chi connectivity index (χ0) is 34.4. The van der Waals surface area contributed by atoms with Gasteiger partial charge in [-0.2, -0.15) is 0 Å². The molecule has 4 N–H and O–H groups in total. The highest BCUT2D eigenvalue weighted by Crippen LogP contribution is 2.24. The zero-order valence-electron chi connectivity index (χ0n) is 26.9. The lowest BCUT2D eigenvalue weighted by Gasteiger charge is -2.31. The van der Waals surface area contributed by atoms with Gasteiger partial charge in [0, 0.05) is 18.8 Å². The quantitative estimate of drug-likeness (QED) is 0.127. The second kappa shape index (κ2) is 18.0. The summed E-state index contributed by atoms with van der Waals surface area (Å²) in [6.45, 7) is 4.61. The summed E-state index contributed by atoms with van der Waals surface area (Å²) in [7, 11) is 0. The molecular weight excluding hydrogens is 611 g/mol. The van der Waals surface area contributed by atoms with Crippen LogP contribution in [0.5, 0.6) is 0 Å². The standard InChI is InChI=1S/C34H43FN4O8/c1-4-45-30(40)13-8-14-31(41)47-21-46-29(19-23(32(36)42)15-16-34(2,3)44)27(18-22-9-7-10-24(35)17-22)39-33(43)28-20-37-25-11-5-6-12-26(25)38-28/h5-7,9-12,17,20,23,27,29,44H,4,8,13-16,18-19,21H2,1-3H3,(H2,36,42)(H,39,43). The van der Waals surface area contributed by atoms with Crippen molar-refractivity contribution in [1.82, 2.24) is 15.3 Å². The Labute approximate surface area is 273 Å². The van der Waals surface area contributed by atoms with Gasteiger partial charge in [-0.15, -0.1) is 0 Å². The average Bonchev–Trinajstić information content (AvgIpc) is 3.01. The van der Waals surface area contributed by atoms with Crippen molar-refractivity contribution in [3.63, 3.8) is 0 Å². The van der Waals surface area contributed by atoms with Crippen LogP contribution in [0.3, 0.4) is 0 Å². The summed E-state index contributed by atoms with van der Waals surface area (Å²) in [5.41, 5.74) is 6.33. The molecule has 3 aromatic rings. The third-order valence-electron chi connectivity index (χ3n) is 7.38. The molecule has 2 aromatic carbocycles. The molecular formula is C34H43FN4O8. The summed E-state index contributed by atoms with van der Waals surface area (Å²) in [6.07, 6.45) is 1.07. The van der Waals surface area contributed by atoms with Crippen LogP contribution in [0.25, 0.3) is 11.0 Å². The van der Waals surface area contributed by atoms with E-state index in [-0.39, 0.29) is 57.2 Å². The number of hydrogen-bond donors (Lipinski definition) is 3. The number of nitrogens with one attached hydrogen (secondary N) is 1. The number of carbonyl (C=O) groups is 4. The van der Waals surface area contributed by atoms with Crippen molar-refractivity contribution in [2.75, 3.05) is 13.4 Å². The first-order valence-electron chi connectivity index (χ1n) is 15.6. The van der Waals surface area contributed by atoms with Crippen molar-refractivity contribution >= 4 is 34.8 Å². The van der Waals surface area contributed by atoms with E-state index in [0.717, 1.165) is 0 Å². The van der Waals surface area contributed by atoms with Crippen LogP contribution in [-0.4, -0.2) is 70.0 Å². The topological polar surface area (TPSA) is 180 Å². The van der Waals surface area contributed by atoms with Crippen molar-refractivity contribution in [3.05, 3.63) is 71.8 Å². The van der Waals surface area contributed by atoms with Crippen LogP contribution in [0.4, 0.5) is 4.39 Å². The predicted octanol–water partition coefficient (Wildman–Crippen LogP) is 3.77. The Bertz CT molecular complexity index is 1510. The summed E-state index contributed by atoms with van der Waals surface area (Å²) in [6, 6.07) is 12.0. The minimum atomic E-state index is -1.08. The molecule has 12 nitrogen and oxygen atoms in total. The van der Waals surface area contributed by atoms with Gasteiger partial charge in [0.05, 0.1) is 41.6 Å². The number of benzene rings is 2. The first-order valence-corrected chi connectivity index (χ1v) is 15.6. The van der Waals surface area contributed by atoms with Gasteiger partial charge in [0.15, 0.2) is 6.79 Å². The van der Waals surface area contributed by atoms with Crippen LogP contribution in [0, 0.1) is 11.7 Å². The van der Waals surface area contributed by atoms with Gasteiger partial charge in [-0.1, -0.05) is 24.3 Å². The smallest absolute Gasteiger partial charge is 0.307 e. The summed E-state index contributed by atoms with van der Waals surface area (Å²) >= 11 is 0. The number of nitrogens with zero attached hydrogens (tertiary/aromatic N) is 2. The number of ether oxygens (including phenoxy) is 3. The fourth-order valence-electron chi connectivity index (χ4n) is 4.90. The number of esters is 2. The predicted molar refractivity (Wildman–Crippen MR) is 170 cm³/mol. The Morgan fingerprint density at radius 1 is 1.02 bits per heavy atom. The molecule has 1 heterocycles. The van der Waals surface area contributed by atoms with E-state index in [1.807, 2.05) is 0 Å². The van der Waals surface area contributed by atoms with Gasteiger partial charge in [0.2, 0.25) is 5.91 Å². The van der Waals surface area contributed by atoms with Gasteiger partial charge >= 0.3 is 11.9 Å². The van der Waals surface area contributed by atoms with Crippen molar-refractivity contribution in [2.45, 2.75) is 83.5 Å². The highest BCUT2D eigenvalue weighted by Gasteiger charge is 2.32. The van der Waals surface area contributed by atoms with E-state index in [2.05, 4.69) is 15.3 Å². The van der Waals surface area contributed by atoms with Crippen LogP contribution in [0.15, 0.2) is 54.7 Å². The number of halogens is 1. The van der Waals surface area contributed by atoms with E-state index in [0.29, 0.717) is 16.6 Å². The normalized spacial score (nSPS) is 13.4. The minimum Gasteiger partial charge on any atom is -0.466 e. The number of fused-ring (bicyclic) bond motifs is 1. The van der Waals surface area contributed by atoms with Gasteiger partial charge in [-0.05, 0) is 82.7 Å². The van der Waals surface area contributed by atoms with E-state index in [9.17, 15) is 28.7 Å². The molecule has 0 saturated heterocycles. The lowest BCUT2D eigenvalue weighted by Crippen LogP contribution is -2.48. The largest absolute Gasteiger partial charge is 0.466 e. The molecule has 3 rings (SSSR count). The number of rotatable bonds is 19. The monoisotopic (exact) mass is 654 g/mol. The molecule has 0 fully saturated rings. The number of aliphatic hydroxyl groups is 1. The van der Waals surface area contributed by atoms with Crippen molar-refractivity contribution < 1.29 is 42.9 Å². The number of primary amides is 1. The van der Waals surface area contributed by atoms with E-state index in [1.54, 1.807) is 51.1 Å². The lowest BCUT2D eigenvalue weighted by molar-refractivity contribution is -0.164. The van der Waals surface area contributed by atoms with Gasteiger partial charge in [0.25, 0.3) is 5.91 Å². The zero-order valence-corrected chi connectivity index (χ0v) is 26.9. The Kier molecular flexibility index (Phi) is 14.2. The Hall–Kier alpha value is -4.49. The van der Waals surface area contributed by atoms with Crippen molar-refractivity contribution in [3.8, 4) is 0 Å². The molecule has 0 aliphatic heterocycles. The minimum absolute atomic E-state index is 0.0184.